The van der Waals surface area contributed by atoms with Gasteiger partial charge >= 0.3 is 0 Å². The fourth-order valence-corrected chi connectivity index (χ4v) is 4.05. The number of piperidine rings is 1. The van der Waals surface area contributed by atoms with Crippen LogP contribution in [0.3, 0.4) is 0 Å². The van der Waals surface area contributed by atoms with Gasteiger partial charge in [-0.1, -0.05) is 12.1 Å². The van der Waals surface area contributed by atoms with Crippen LogP contribution in [0.2, 0.25) is 0 Å². The Morgan fingerprint density at radius 3 is 2.82 bits per heavy atom. The first-order chi connectivity index (χ1) is 13.6. The minimum Gasteiger partial charge on any atom is -0.420 e. The molecule has 0 unspecified atom stereocenters. The zero-order chi connectivity index (χ0) is 19.5. The molecule has 150 valence electrons. The van der Waals surface area contributed by atoms with E-state index in [0.29, 0.717) is 23.9 Å². The molecule has 0 aliphatic carbocycles. The summed E-state index contributed by atoms with van der Waals surface area (Å²) in [7, 11) is 4.05. The molecule has 0 bridgehead atoms. The molecule has 2 atom stereocenters. The van der Waals surface area contributed by atoms with E-state index in [1.807, 2.05) is 37.2 Å². The van der Waals surface area contributed by atoms with E-state index < -0.39 is 0 Å². The predicted molar refractivity (Wildman–Crippen MR) is 104 cm³/mol. The van der Waals surface area contributed by atoms with Crippen molar-refractivity contribution in [3.8, 4) is 0 Å². The quantitative estimate of drug-likeness (QED) is 0.787. The second-order valence-corrected chi connectivity index (χ2v) is 7.93. The fraction of sp³-hybridized carbons (Fsp3) is 0.571. The number of benzene rings is 1. The Kier molecular flexibility index (Phi) is 5.73. The average molecular weight is 384 g/mol. The first-order valence-corrected chi connectivity index (χ1v) is 10.1. The summed E-state index contributed by atoms with van der Waals surface area (Å²) in [5.74, 6) is 1.10. The molecule has 7 nitrogen and oxygen atoms in total. The Balaban J connectivity index is 1.54. The molecule has 28 heavy (non-hydrogen) atoms. The van der Waals surface area contributed by atoms with E-state index in [0.717, 1.165) is 50.8 Å². The standard InChI is InChI=1S/C21H28N4O3/c1-24(2)14-15-7-5-8-16(13-15)21(26)25-11-4-3-9-17(25)19-22-23-20(28-19)18-10-6-12-27-18/h5,7-8,13,17-18H,3-4,6,9-12,14H2,1-2H3/t17-,18+/m0/s1. The van der Waals surface area contributed by atoms with Gasteiger partial charge in [0.1, 0.15) is 12.1 Å². The van der Waals surface area contributed by atoms with Crippen LogP contribution in [0.1, 0.15) is 72.0 Å². The van der Waals surface area contributed by atoms with E-state index in [9.17, 15) is 4.79 Å². The van der Waals surface area contributed by atoms with Crippen molar-refractivity contribution < 1.29 is 13.9 Å². The lowest BCUT2D eigenvalue weighted by atomic mass is 10.00. The lowest BCUT2D eigenvalue weighted by Gasteiger charge is -2.33. The molecule has 0 radical (unpaired) electrons. The summed E-state index contributed by atoms with van der Waals surface area (Å²) >= 11 is 0. The Bertz CT molecular complexity index is 813. The van der Waals surface area contributed by atoms with E-state index >= 15 is 0 Å². The van der Waals surface area contributed by atoms with Crippen LogP contribution in [-0.2, 0) is 11.3 Å². The second kappa shape index (κ2) is 8.41. The summed E-state index contributed by atoms with van der Waals surface area (Å²) in [6, 6.07) is 7.71. The number of ether oxygens (including phenoxy) is 1. The molecule has 1 aromatic heterocycles. The summed E-state index contributed by atoms with van der Waals surface area (Å²) in [6.45, 7) is 2.25. The minimum absolute atomic E-state index is 0.0298. The van der Waals surface area contributed by atoms with Crippen LogP contribution >= 0.6 is 0 Å². The van der Waals surface area contributed by atoms with Crippen molar-refractivity contribution >= 4 is 5.91 Å². The van der Waals surface area contributed by atoms with Gasteiger partial charge in [0.15, 0.2) is 0 Å². The number of carbonyl (C=O) groups excluding carboxylic acids is 1. The largest absolute Gasteiger partial charge is 0.420 e. The molecule has 2 aliphatic rings. The zero-order valence-corrected chi connectivity index (χ0v) is 16.6. The first kappa shape index (κ1) is 19.1. The monoisotopic (exact) mass is 384 g/mol. The third-order valence-corrected chi connectivity index (χ3v) is 5.38. The molecule has 2 aromatic rings. The number of amides is 1. The Hall–Kier alpha value is -2.25. The molecular formula is C21H28N4O3. The third kappa shape index (κ3) is 4.10. The van der Waals surface area contributed by atoms with Crippen LogP contribution in [0, 0.1) is 0 Å². The highest BCUT2D eigenvalue weighted by molar-refractivity contribution is 5.94. The number of carbonyl (C=O) groups is 1. The highest BCUT2D eigenvalue weighted by Crippen LogP contribution is 2.34. The second-order valence-electron chi connectivity index (χ2n) is 7.93. The summed E-state index contributed by atoms with van der Waals surface area (Å²) in [5.41, 5.74) is 1.84. The maximum atomic E-state index is 13.3. The van der Waals surface area contributed by atoms with E-state index in [-0.39, 0.29) is 18.1 Å². The van der Waals surface area contributed by atoms with E-state index in [4.69, 9.17) is 9.15 Å². The molecule has 2 fully saturated rings. The smallest absolute Gasteiger partial charge is 0.254 e. The van der Waals surface area contributed by atoms with Gasteiger partial charge in [-0.05, 0) is 63.9 Å². The molecule has 4 rings (SSSR count). The number of aromatic nitrogens is 2. The van der Waals surface area contributed by atoms with Crippen molar-refractivity contribution in [3.05, 3.63) is 47.2 Å². The van der Waals surface area contributed by atoms with Crippen molar-refractivity contribution in [3.63, 3.8) is 0 Å². The van der Waals surface area contributed by atoms with Crippen LogP contribution in [0.5, 0.6) is 0 Å². The Labute approximate surface area is 165 Å². The normalized spacial score (nSPS) is 22.8. The molecule has 3 heterocycles. The van der Waals surface area contributed by atoms with Crippen LogP contribution < -0.4 is 0 Å². The van der Waals surface area contributed by atoms with Crippen LogP contribution in [0.4, 0.5) is 0 Å². The molecular weight excluding hydrogens is 356 g/mol. The van der Waals surface area contributed by atoms with Crippen molar-refractivity contribution in [2.45, 2.75) is 50.8 Å². The molecule has 0 spiro atoms. The van der Waals surface area contributed by atoms with Gasteiger partial charge < -0.3 is 19.0 Å². The minimum atomic E-state index is -0.165. The Morgan fingerprint density at radius 2 is 2.04 bits per heavy atom. The highest BCUT2D eigenvalue weighted by atomic mass is 16.5. The maximum Gasteiger partial charge on any atom is 0.254 e. The van der Waals surface area contributed by atoms with Crippen molar-refractivity contribution in [1.82, 2.24) is 20.0 Å². The van der Waals surface area contributed by atoms with Crippen molar-refractivity contribution in [2.75, 3.05) is 27.2 Å². The summed E-state index contributed by atoms with van der Waals surface area (Å²) < 4.78 is 11.6. The SMILES string of the molecule is CN(C)Cc1cccc(C(=O)N2CCCC[C@H]2c2nnc([C@H]3CCCO3)o2)c1. The van der Waals surface area contributed by atoms with E-state index in [2.05, 4.69) is 21.2 Å². The van der Waals surface area contributed by atoms with Crippen LogP contribution in [-0.4, -0.2) is 53.2 Å². The van der Waals surface area contributed by atoms with Crippen LogP contribution in [0.25, 0.3) is 0 Å². The molecule has 2 aliphatic heterocycles. The summed E-state index contributed by atoms with van der Waals surface area (Å²) in [5, 5.41) is 8.47. The highest BCUT2D eigenvalue weighted by Gasteiger charge is 2.34. The topological polar surface area (TPSA) is 71.7 Å². The first-order valence-electron chi connectivity index (χ1n) is 10.1. The molecule has 1 amide bonds. The van der Waals surface area contributed by atoms with Gasteiger partial charge in [0.2, 0.25) is 11.8 Å². The van der Waals surface area contributed by atoms with Gasteiger partial charge in [0.05, 0.1) is 0 Å². The lowest BCUT2D eigenvalue weighted by molar-refractivity contribution is 0.0549. The predicted octanol–water partition coefficient (Wildman–Crippen LogP) is 3.35. The average Bonchev–Trinajstić information content (AvgIpc) is 3.39. The van der Waals surface area contributed by atoms with E-state index in [1.165, 1.54) is 0 Å². The van der Waals surface area contributed by atoms with Gasteiger partial charge in [0, 0.05) is 25.3 Å². The molecule has 1 aromatic carbocycles. The summed E-state index contributed by atoms with van der Waals surface area (Å²) in [4.78, 5) is 17.3. The van der Waals surface area contributed by atoms with E-state index in [1.54, 1.807) is 0 Å². The molecule has 0 saturated carbocycles. The number of nitrogens with zero attached hydrogens (tertiary/aromatic N) is 4. The number of hydrogen-bond acceptors (Lipinski definition) is 6. The molecule has 0 N–H and O–H groups in total. The zero-order valence-electron chi connectivity index (χ0n) is 16.6. The van der Waals surface area contributed by atoms with Crippen molar-refractivity contribution in [2.24, 2.45) is 0 Å². The number of rotatable bonds is 5. The van der Waals surface area contributed by atoms with Crippen molar-refractivity contribution in [1.29, 1.82) is 0 Å². The molecule has 7 heteroatoms. The van der Waals surface area contributed by atoms with Crippen LogP contribution in [0.15, 0.2) is 28.7 Å². The lowest BCUT2D eigenvalue weighted by Crippen LogP contribution is -2.38. The third-order valence-electron chi connectivity index (χ3n) is 5.38. The van der Waals surface area contributed by atoms with Gasteiger partial charge in [-0.2, -0.15) is 0 Å². The van der Waals surface area contributed by atoms with Gasteiger partial charge in [0.25, 0.3) is 5.91 Å². The maximum absolute atomic E-state index is 13.3. The fourth-order valence-electron chi connectivity index (χ4n) is 4.05. The summed E-state index contributed by atoms with van der Waals surface area (Å²) in [6.07, 6.45) is 4.71. The number of likely N-dealkylation sites (tertiary alicyclic amines) is 1. The van der Waals surface area contributed by atoms with Gasteiger partial charge in [-0.3, -0.25) is 4.79 Å². The van der Waals surface area contributed by atoms with Gasteiger partial charge in [-0.25, -0.2) is 0 Å². The number of hydrogen-bond donors (Lipinski definition) is 0. The Morgan fingerprint density at radius 1 is 1.18 bits per heavy atom. The molecule has 2 saturated heterocycles. The van der Waals surface area contributed by atoms with Gasteiger partial charge in [-0.15, -0.1) is 10.2 Å².